The molecule has 2 rings (SSSR count). The van der Waals surface area contributed by atoms with Crippen molar-refractivity contribution in [1.82, 2.24) is 9.55 Å². The normalized spacial score (nSPS) is 10.6. The molecule has 1 aromatic carbocycles. The van der Waals surface area contributed by atoms with Crippen molar-refractivity contribution < 1.29 is 4.39 Å². The highest BCUT2D eigenvalue weighted by Crippen LogP contribution is 2.13. The van der Waals surface area contributed by atoms with E-state index in [2.05, 4.69) is 4.98 Å². The SMILES string of the molecule is Cc1cc(=O)n(Cc2cccc(CN)c2F)cn1. The van der Waals surface area contributed by atoms with Gasteiger partial charge in [-0.3, -0.25) is 9.36 Å². The highest BCUT2D eigenvalue weighted by molar-refractivity contribution is 5.26. The van der Waals surface area contributed by atoms with Crippen molar-refractivity contribution in [3.8, 4) is 0 Å². The molecule has 18 heavy (non-hydrogen) atoms. The van der Waals surface area contributed by atoms with Crippen molar-refractivity contribution in [2.75, 3.05) is 0 Å². The molecule has 0 atom stereocenters. The van der Waals surface area contributed by atoms with E-state index >= 15 is 0 Å². The van der Waals surface area contributed by atoms with Crippen LogP contribution in [0.2, 0.25) is 0 Å². The fourth-order valence-electron chi connectivity index (χ4n) is 1.73. The lowest BCUT2D eigenvalue weighted by atomic mass is 10.1. The minimum atomic E-state index is -0.354. The van der Waals surface area contributed by atoms with E-state index in [4.69, 9.17) is 5.73 Å². The molecular formula is C13H14FN3O. The molecule has 0 bridgehead atoms. The molecule has 0 unspecified atom stereocenters. The molecule has 1 heterocycles. The molecule has 0 saturated heterocycles. The number of hydrogen-bond acceptors (Lipinski definition) is 3. The number of nitrogens with two attached hydrogens (primary N) is 1. The first kappa shape index (κ1) is 12.4. The van der Waals surface area contributed by atoms with Crippen LogP contribution in [0.1, 0.15) is 16.8 Å². The molecule has 0 aliphatic carbocycles. The first-order chi connectivity index (χ1) is 8.61. The van der Waals surface area contributed by atoms with Gasteiger partial charge in [0.1, 0.15) is 5.82 Å². The third-order valence-corrected chi connectivity index (χ3v) is 2.74. The number of nitrogens with zero attached hydrogens (tertiary/aromatic N) is 2. The molecule has 0 spiro atoms. The summed E-state index contributed by atoms with van der Waals surface area (Å²) >= 11 is 0. The van der Waals surface area contributed by atoms with Crippen molar-refractivity contribution in [2.24, 2.45) is 5.73 Å². The van der Waals surface area contributed by atoms with Gasteiger partial charge in [-0.05, 0) is 6.92 Å². The number of benzene rings is 1. The van der Waals surface area contributed by atoms with Gasteiger partial charge in [0, 0.05) is 29.4 Å². The summed E-state index contributed by atoms with van der Waals surface area (Å²) in [4.78, 5) is 15.7. The fraction of sp³-hybridized carbons (Fsp3) is 0.231. The Morgan fingerprint density at radius 3 is 2.78 bits per heavy atom. The van der Waals surface area contributed by atoms with E-state index in [1.165, 1.54) is 17.0 Å². The number of aromatic nitrogens is 2. The quantitative estimate of drug-likeness (QED) is 0.886. The topological polar surface area (TPSA) is 60.9 Å². The lowest BCUT2D eigenvalue weighted by molar-refractivity contribution is 0.579. The predicted molar refractivity (Wildman–Crippen MR) is 66.6 cm³/mol. The molecule has 1 aromatic heterocycles. The summed E-state index contributed by atoms with van der Waals surface area (Å²) < 4.78 is 15.3. The van der Waals surface area contributed by atoms with Crippen molar-refractivity contribution >= 4 is 0 Å². The van der Waals surface area contributed by atoms with Crippen LogP contribution in [0.3, 0.4) is 0 Å². The lowest BCUT2D eigenvalue weighted by Gasteiger charge is -2.08. The van der Waals surface area contributed by atoms with Gasteiger partial charge in [0.15, 0.2) is 0 Å². The molecule has 4 nitrogen and oxygen atoms in total. The van der Waals surface area contributed by atoms with Crippen molar-refractivity contribution in [1.29, 1.82) is 0 Å². The highest BCUT2D eigenvalue weighted by atomic mass is 19.1. The fourth-order valence-corrected chi connectivity index (χ4v) is 1.73. The summed E-state index contributed by atoms with van der Waals surface area (Å²) in [6, 6.07) is 6.42. The molecule has 2 aromatic rings. The van der Waals surface area contributed by atoms with E-state index in [1.54, 1.807) is 25.1 Å². The standard InChI is InChI=1S/C13H14FN3O/c1-9-5-12(18)17(8-16-9)7-11-4-2-3-10(6-15)13(11)14/h2-5,8H,6-7,15H2,1H3. The second-order valence-electron chi connectivity index (χ2n) is 4.09. The number of rotatable bonds is 3. The van der Waals surface area contributed by atoms with Crippen LogP contribution in [0.5, 0.6) is 0 Å². The van der Waals surface area contributed by atoms with E-state index < -0.39 is 0 Å². The van der Waals surface area contributed by atoms with Crippen LogP contribution in [-0.2, 0) is 13.1 Å². The molecular weight excluding hydrogens is 233 g/mol. The van der Waals surface area contributed by atoms with Crippen LogP contribution < -0.4 is 11.3 Å². The van der Waals surface area contributed by atoms with Gasteiger partial charge in [0.05, 0.1) is 12.9 Å². The zero-order chi connectivity index (χ0) is 13.1. The lowest BCUT2D eigenvalue weighted by Crippen LogP contribution is -2.21. The molecule has 0 amide bonds. The average Bonchev–Trinajstić information content (AvgIpc) is 2.35. The van der Waals surface area contributed by atoms with Crippen molar-refractivity contribution in [3.63, 3.8) is 0 Å². The van der Waals surface area contributed by atoms with Crippen LogP contribution in [-0.4, -0.2) is 9.55 Å². The van der Waals surface area contributed by atoms with Crippen molar-refractivity contribution in [3.05, 3.63) is 63.6 Å². The summed E-state index contributed by atoms with van der Waals surface area (Å²) in [7, 11) is 0. The van der Waals surface area contributed by atoms with E-state index in [0.717, 1.165) is 0 Å². The Kier molecular flexibility index (Phi) is 3.53. The molecule has 0 saturated carbocycles. The maximum absolute atomic E-state index is 14.0. The van der Waals surface area contributed by atoms with Gasteiger partial charge in [0.2, 0.25) is 0 Å². The zero-order valence-corrected chi connectivity index (χ0v) is 10.1. The molecule has 0 fully saturated rings. The number of halogens is 1. The monoisotopic (exact) mass is 247 g/mol. The minimum Gasteiger partial charge on any atom is -0.326 e. The van der Waals surface area contributed by atoms with Crippen molar-refractivity contribution in [2.45, 2.75) is 20.0 Å². The highest BCUT2D eigenvalue weighted by Gasteiger charge is 2.08. The predicted octanol–water partition coefficient (Wildman–Crippen LogP) is 1.20. The van der Waals surface area contributed by atoms with E-state index in [0.29, 0.717) is 16.8 Å². The molecule has 94 valence electrons. The second kappa shape index (κ2) is 5.10. The van der Waals surface area contributed by atoms with Crippen LogP contribution >= 0.6 is 0 Å². The Morgan fingerprint density at radius 2 is 2.11 bits per heavy atom. The Morgan fingerprint density at radius 1 is 1.39 bits per heavy atom. The van der Waals surface area contributed by atoms with E-state index in [1.807, 2.05) is 0 Å². The van der Waals surface area contributed by atoms with Gasteiger partial charge in [-0.2, -0.15) is 0 Å². The van der Waals surface area contributed by atoms with Gasteiger partial charge in [-0.1, -0.05) is 18.2 Å². The first-order valence-electron chi connectivity index (χ1n) is 5.61. The second-order valence-corrected chi connectivity index (χ2v) is 4.09. The summed E-state index contributed by atoms with van der Waals surface area (Å²) in [6.45, 7) is 2.04. The van der Waals surface area contributed by atoms with Gasteiger partial charge in [-0.15, -0.1) is 0 Å². The van der Waals surface area contributed by atoms with Gasteiger partial charge >= 0.3 is 0 Å². The Hall–Kier alpha value is -2.01. The number of aryl methyl sites for hydroxylation is 1. The minimum absolute atomic E-state index is 0.140. The molecule has 0 radical (unpaired) electrons. The average molecular weight is 247 g/mol. The van der Waals surface area contributed by atoms with Crippen LogP contribution in [0, 0.1) is 12.7 Å². The smallest absolute Gasteiger partial charge is 0.253 e. The third-order valence-electron chi connectivity index (χ3n) is 2.74. The maximum atomic E-state index is 14.0. The van der Waals surface area contributed by atoms with Gasteiger partial charge in [-0.25, -0.2) is 9.37 Å². The zero-order valence-electron chi connectivity index (χ0n) is 10.1. The van der Waals surface area contributed by atoms with E-state index in [-0.39, 0.29) is 24.5 Å². The van der Waals surface area contributed by atoms with Crippen LogP contribution in [0.4, 0.5) is 4.39 Å². The Labute approximate surface area is 104 Å². The summed E-state index contributed by atoms with van der Waals surface area (Å²) in [5, 5.41) is 0. The van der Waals surface area contributed by atoms with Crippen LogP contribution in [0.15, 0.2) is 35.4 Å². The van der Waals surface area contributed by atoms with Gasteiger partial charge < -0.3 is 5.73 Å². The largest absolute Gasteiger partial charge is 0.326 e. The number of hydrogen-bond donors (Lipinski definition) is 1. The molecule has 2 N–H and O–H groups in total. The summed E-state index contributed by atoms with van der Waals surface area (Å²) in [5.41, 5.74) is 6.77. The Bertz CT molecular complexity index is 622. The van der Waals surface area contributed by atoms with E-state index in [9.17, 15) is 9.18 Å². The molecule has 5 heteroatoms. The Balaban J connectivity index is 2.37. The third kappa shape index (κ3) is 2.46. The summed E-state index contributed by atoms with van der Waals surface area (Å²) in [5.74, 6) is -0.354. The maximum Gasteiger partial charge on any atom is 0.253 e. The van der Waals surface area contributed by atoms with Gasteiger partial charge in [0.25, 0.3) is 5.56 Å². The summed E-state index contributed by atoms with van der Waals surface area (Å²) in [6.07, 6.45) is 1.42. The molecule has 0 aliphatic rings. The molecule has 0 aliphatic heterocycles. The van der Waals surface area contributed by atoms with Crippen LogP contribution in [0.25, 0.3) is 0 Å². The first-order valence-corrected chi connectivity index (χ1v) is 5.61.